The van der Waals surface area contributed by atoms with Gasteiger partial charge in [0.1, 0.15) is 0 Å². The Balaban J connectivity index is 2.23. The van der Waals surface area contributed by atoms with Gasteiger partial charge in [0.05, 0.1) is 0 Å². The van der Waals surface area contributed by atoms with Crippen LogP contribution in [0.2, 0.25) is 0 Å². The molecule has 0 saturated carbocycles. The first kappa shape index (κ1) is 11.3. The quantitative estimate of drug-likeness (QED) is 0.586. The SMILES string of the molecule is [CH2]CCCCC(C)Cc1ccccc1. The molecule has 1 unspecified atom stereocenters. The number of hydrogen-bond donors (Lipinski definition) is 0. The van der Waals surface area contributed by atoms with E-state index in [-0.39, 0.29) is 0 Å². The summed E-state index contributed by atoms with van der Waals surface area (Å²) in [5, 5.41) is 0. The van der Waals surface area contributed by atoms with Gasteiger partial charge in [-0.2, -0.15) is 0 Å². The van der Waals surface area contributed by atoms with E-state index in [0.717, 1.165) is 12.3 Å². The molecule has 0 aliphatic rings. The van der Waals surface area contributed by atoms with Gasteiger partial charge in [0, 0.05) is 0 Å². The van der Waals surface area contributed by atoms with Crippen molar-refractivity contribution in [1.29, 1.82) is 0 Å². The maximum absolute atomic E-state index is 3.87. The molecule has 0 aromatic heterocycles. The van der Waals surface area contributed by atoms with Gasteiger partial charge in [0.25, 0.3) is 0 Å². The highest BCUT2D eigenvalue weighted by Gasteiger charge is 2.02. The van der Waals surface area contributed by atoms with Crippen molar-refractivity contribution in [2.75, 3.05) is 0 Å². The number of benzene rings is 1. The molecule has 1 radical (unpaired) electrons. The molecule has 0 spiro atoms. The second kappa shape index (κ2) is 6.64. The summed E-state index contributed by atoms with van der Waals surface area (Å²) >= 11 is 0. The molecule has 0 bridgehead atoms. The second-order valence-corrected chi connectivity index (χ2v) is 4.14. The highest BCUT2D eigenvalue weighted by atomic mass is 14.1. The molecular weight excluding hydrogens is 168 g/mol. The molecule has 77 valence electrons. The number of rotatable bonds is 6. The van der Waals surface area contributed by atoms with Gasteiger partial charge < -0.3 is 0 Å². The van der Waals surface area contributed by atoms with Crippen LogP contribution in [0.25, 0.3) is 0 Å². The summed E-state index contributed by atoms with van der Waals surface area (Å²) in [6.07, 6.45) is 6.25. The zero-order valence-electron chi connectivity index (χ0n) is 9.21. The summed E-state index contributed by atoms with van der Waals surface area (Å²) in [4.78, 5) is 0. The van der Waals surface area contributed by atoms with Crippen LogP contribution in [0.3, 0.4) is 0 Å². The van der Waals surface area contributed by atoms with Crippen molar-refractivity contribution in [2.45, 2.75) is 39.0 Å². The molecule has 0 aliphatic heterocycles. The third-order valence-corrected chi connectivity index (χ3v) is 2.62. The third kappa shape index (κ3) is 4.45. The molecule has 0 amide bonds. The van der Waals surface area contributed by atoms with Crippen molar-refractivity contribution in [1.82, 2.24) is 0 Å². The van der Waals surface area contributed by atoms with E-state index in [4.69, 9.17) is 0 Å². The fraction of sp³-hybridized carbons (Fsp3) is 0.500. The van der Waals surface area contributed by atoms with Crippen LogP contribution in [0, 0.1) is 12.8 Å². The average molecular weight is 189 g/mol. The van der Waals surface area contributed by atoms with E-state index in [1.807, 2.05) is 0 Å². The molecule has 1 aromatic carbocycles. The van der Waals surface area contributed by atoms with Crippen LogP contribution in [-0.4, -0.2) is 0 Å². The van der Waals surface area contributed by atoms with Gasteiger partial charge in [-0.25, -0.2) is 0 Å². The third-order valence-electron chi connectivity index (χ3n) is 2.62. The zero-order valence-corrected chi connectivity index (χ0v) is 9.21. The lowest BCUT2D eigenvalue weighted by molar-refractivity contribution is 0.497. The van der Waals surface area contributed by atoms with Crippen LogP contribution < -0.4 is 0 Å². The Bertz CT molecular complexity index is 225. The summed E-state index contributed by atoms with van der Waals surface area (Å²) in [5.74, 6) is 0.809. The monoisotopic (exact) mass is 189 g/mol. The van der Waals surface area contributed by atoms with Crippen LogP contribution in [0.4, 0.5) is 0 Å². The van der Waals surface area contributed by atoms with Gasteiger partial charge >= 0.3 is 0 Å². The van der Waals surface area contributed by atoms with Crippen molar-refractivity contribution < 1.29 is 0 Å². The summed E-state index contributed by atoms with van der Waals surface area (Å²) in [6.45, 7) is 6.21. The Morgan fingerprint density at radius 2 is 1.86 bits per heavy atom. The maximum Gasteiger partial charge on any atom is -0.0253 e. The number of hydrogen-bond acceptors (Lipinski definition) is 0. The molecule has 0 nitrogen and oxygen atoms in total. The Kier molecular flexibility index (Phi) is 5.36. The minimum atomic E-state index is 0.809. The van der Waals surface area contributed by atoms with Crippen molar-refractivity contribution in [2.24, 2.45) is 5.92 Å². The lowest BCUT2D eigenvalue weighted by atomic mass is 9.96. The zero-order chi connectivity index (χ0) is 10.2. The molecule has 0 heteroatoms. The van der Waals surface area contributed by atoms with E-state index >= 15 is 0 Å². The topological polar surface area (TPSA) is 0 Å². The summed E-state index contributed by atoms with van der Waals surface area (Å²) in [6, 6.07) is 10.8. The molecule has 1 rings (SSSR count). The van der Waals surface area contributed by atoms with E-state index < -0.39 is 0 Å². The van der Waals surface area contributed by atoms with Crippen molar-refractivity contribution in [3.8, 4) is 0 Å². The van der Waals surface area contributed by atoms with Crippen LogP contribution in [-0.2, 0) is 6.42 Å². The Hall–Kier alpha value is -0.780. The molecule has 0 N–H and O–H groups in total. The normalized spacial score (nSPS) is 12.7. The van der Waals surface area contributed by atoms with E-state index in [9.17, 15) is 0 Å². The van der Waals surface area contributed by atoms with Gasteiger partial charge in [-0.15, -0.1) is 0 Å². The van der Waals surface area contributed by atoms with Gasteiger partial charge in [-0.1, -0.05) is 69.9 Å². The fourth-order valence-corrected chi connectivity index (χ4v) is 1.79. The van der Waals surface area contributed by atoms with Gasteiger partial charge in [-0.3, -0.25) is 0 Å². The van der Waals surface area contributed by atoms with Crippen LogP contribution >= 0.6 is 0 Å². The lowest BCUT2D eigenvalue weighted by Gasteiger charge is -2.10. The van der Waals surface area contributed by atoms with Gasteiger partial charge in [-0.05, 0) is 17.9 Å². The Labute approximate surface area is 88.4 Å². The van der Waals surface area contributed by atoms with Gasteiger partial charge in [0.15, 0.2) is 0 Å². The molecule has 0 heterocycles. The Morgan fingerprint density at radius 1 is 1.14 bits per heavy atom. The summed E-state index contributed by atoms with van der Waals surface area (Å²) in [7, 11) is 0. The molecule has 1 atom stereocenters. The fourth-order valence-electron chi connectivity index (χ4n) is 1.79. The van der Waals surface area contributed by atoms with Crippen LogP contribution in [0.15, 0.2) is 30.3 Å². The minimum Gasteiger partial charge on any atom is -0.0622 e. The average Bonchev–Trinajstić information content (AvgIpc) is 2.20. The largest absolute Gasteiger partial charge is 0.0622 e. The molecule has 14 heavy (non-hydrogen) atoms. The molecule has 0 saturated heterocycles. The minimum absolute atomic E-state index is 0.809. The maximum atomic E-state index is 3.87. The number of unbranched alkanes of at least 4 members (excludes halogenated alkanes) is 2. The second-order valence-electron chi connectivity index (χ2n) is 4.14. The first-order valence-corrected chi connectivity index (χ1v) is 5.66. The summed E-state index contributed by atoms with van der Waals surface area (Å²) in [5.41, 5.74) is 1.47. The molecule has 0 aliphatic carbocycles. The van der Waals surface area contributed by atoms with Crippen molar-refractivity contribution in [3.05, 3.63) is 42.8 Å². The lowest BCUT2D eigenvalue weighted by Crippen LogP contribution is -1.99. The smallest absolute Gasteiger partial charge is 0.0253 e. The van der Waals surface area contributed by atoms with Crippen LogP contribution in [0.1, 0.15) is 38.2 Å². The predicted octanol–water partition coefficient (Wildman–Crippen LogP) is 4.26. The van der Waals surface area contributed by atoms with Crippen LogP contribution in [0.5, 0.6) is 0 Å². The van der Waals surface area contributed by atoms with Crippen molar-refractivity contribution in [3.63, 3.8) is 0 Å². The molecule has 0 fully saturated rings. The van der Waals surface area contributed by atoms with E-state index in [0.29, 0.717) is 0 Å². The highest BCUT2D eigenvalue weighted by molar-refractivity contribution is 5.14. The summed E-state index contributed by atoms with van der Waals surface area (Å²) < 4.78 is 0. The van der Waals surface area contributed by atoms with E-state index in [1.165, 1.54) is 31.2 Å². The molecule has 1 aromatic rings. The van der Waals surface area contributed by atoms with E-state index in [2.05, 4.69) is 44.2 Å². The highest BCUT2D eigenvalue weighted by Crippen LogP contribution is 2.14. The first-order chi connectivity index (χ1) is 6.83. The van der Waals surface area contributed by atoms with E-state index in [1.54, 1.807) is 0 Å². The molecular formula is C14H21. The predicted molar refractivity (Wildman–Crippen MR) is 63.1 cm³/mol. The van der Waals surface area contributed by atoms with Crippen molar-refractivity contribution >= 4 is 0 Å². The Morgan fingerprint density at radius 3 is 2.50 bits per heavy atom. The standard InChI is InChI=1S/C14H21/c1-3-4-6-9-13(2)12-14-10-7-5-8-11-14/h5,7-8,10-11,13H,1,3-4,6,9,12H2,2H3. The first-order valence-electron chi connectivity index (χ1n) is 5.66. The van der Waals surface area contributed by atoms with Gasteiger partial charge in [0.2, 0.25) is 0 Å².